The van der Waals surface area contributed by atoms with Crippen LogP contribution in [0.1, 0.15) is 122 Å². The Morgan fingerprint density at radius 1 is 0.544 bits per heavy atom. The lowest BCUT2D eigenvalue weighted by Gasteiger charge is -2.39. The van der Waals surface area contributed by atoms with Crippen LogP contribution in [0.25, 0.3) is 27.2 Å². The number of hydrogen-bond donors (Lipinski definition) is 0. The van der Waals surface area contributed by atoms with Gasteiger partial charge in [-0.15, -0.1) is 11.3 Å². The molecule has 68 heavy (non-hydrogen) atoms. The van der Waals surface area contributed by atoms with E-state index in [0.717, 1.165) is 44.9 Å². The van der Waals surface area contributed by atoms with Crippen LogP contribution in [0, 0.1) is 0 Å². The van der Waals surface area contributed by atoms with Crippen molar-refractivity contribution in [2.45, 2.75) is 126 Å². The molecule has 0 radical (unpaired) electrons. The Labute approximate surface area is 407 Å². The van der Waals surface area contributed by atoms with E-state index in [4.69, 9.17) is 0 Å². The van der Waals surface area contributed by atoms with E-state index in [0.29, 0.717) is 30.1 Å². The first-order chi connectivity index (χ1) is 33.7. The van der Waals surface area contributed by atoms with Crippen molar-refractivity contribution in [3.63, 3.8) is 0 Å². The van der Waals surface area contributed by atoms with E-state index < -0.39 is 0 Å². The second-order valence-corrected chi connectivity index (χ2v) is 22.0. The second kappa shape index (κ2) is 16.8. The molecule has 7 atom stereocenters. The van der Waals surface area contributed by atoms with Crippen LogP contribution < -0.4 is 9.80 Å². The minimum absolute atomic E-state index is 0.259. The molecule has 14 rings (SSSR count). The van der Waals surface area contributed by atoms with Crippen molar-refractivity contribution in [1.29, 1.82) is 0 Å². The molecular weight excluding hydrogens is 843 g/mol. The molecule has 0 bridgehead atoms. The second-order valence-electron chi connectivity index (χ2n) is 20.9. The zero-order valence-electron chi connectivity index (χ0n) is 39.1. The van der Waals surface area contributed by atoms with Crippen LogP contribution in [0.2, 0.25) is 0 Å². The normalized spacial score (nSPS) is 28.6. The standard InChI is InChI=1S/C64H61N3S/c1-4-14-42(15-5-1)63-36-37-64(68-63)43-24-30-50(31-25-43)67-58-23-13-11-21-52(58)54-39-45(27-33-60(54)67)47-29-35-62-56(41-47)55-40-46(28-34-61(55)66(62)49-18-8-3-9-19-49)44-26-32-59-53(38-44)51-20-10-12-22-57(51)65(59)48-16-6-2-7-17-48/h1-2,4-6,8,11-12,14-15,18-19,21-22,24,26-29,33-41,48,50,52,56,58-59,62H,3,7,9-10,13,16-17,20,23,25,30-32H2/t48?,50?,52?,56?,58-,59?,62?/m0/s1. The fraction of sp³-hybridized carbons (Fsp3) is 0.312. The van der Waals surface area contributed by atoms with Crippen LogP contribution in [0.4, 0.5) is 11.4 Å². The van der Waals surface area contributed by atoms with Crippen molar-refractivity contribution in [3.8, 4) is 10.4 Å². The summed E-state index contributed by atoms with van der Waals surface area (Å²) < 4.78 is 0. The first-order valence-corrected chi connectivity index (χ1v) is 26.9. The van der Waals surface area contributed by atoms with Gasteiger partial charge in [-0.2, -0.15) is 0 Å². The minimum Gasteiger partial charge on any atom is -0.364 e. The highest BCUT2D eigenvalue weighted by Gasteiger charge is 2.44. The molecule has 0 saturated carbocycles. The van der Waals surface area contributed by atoms with E-state index in [9.17, 15) is 0 Å². The molecule has 0 spiro atoms. The number of hydrogen-bond acceptors (Lipinski definition) is 4. The van der Waals surface area contributed by atoms with E-state index in [1.54, 1.807) is 11.1 Å². The highest BCUT2D eigenvalue weighted by atomic mass is 32.1. The summed E-state index contributed by atoms with van der Waals surface area (Å²) in [4.78, 5) is 11.2. The number of anilines is 2. The Balaban J connectivity index is 0.772. The maximum atomic E-state index is 2.87. The molecule has 1 aromatic heterocycles. The quantitative estimate of drug-likeness (QED) is 0.171. The number of benzene rings is 3. The lowest BCUT2D eigenvalue weighted by molar-refractivity contribution is 0.213. The fourth-order valence-corrected chi connectivity index (χ4v) is 15.1. The van der Waals surface area contributed by atoms with Gasteiger partial charge >= 0.3 is 0 Å². The lowest BCUT2D eigenvalue weighted by Crippen LogP contribution is -2.43. The van der Waals surface area contributed by atoms with Gasteiger partial charge in [-0.3, -0.25) is 0 Å². The van der Waals surface area contributed by atoms with E-state index in [1.807, 2.05) is 11.3 Å². The smallest absolute Gasteiger partial charge is 0.0629 e. The molecule has 3 aliphatic heterocycles. The molecule has 0 amide bonds. The molecule has 7 aliphatic carbocycles. The first-order valence-electron chi connectivity index (χ1n) is 26.1. The lowest BCUT2D eigenvalue weighted by atomic mass is 9.82. The Hall–Kier alpha value is -6.10. The summed E-state index contributed by atoms with van der Waals surface area (Å²) in [6, 6.07) is 32.9. The third kappa shape index (κ3) is 6.79. The molecule has 338 valence electrons. The molecule has 6 unspecified atom stereocenters. The van der Waals surface area contributed by atoms with Gasteiger partial charge in [0.2, 0.25) is 0 Å². The summed E-state index contributed by atoms with van der Waals surface area (Å²) in [5.41, 5.74) is 20.2. The third-order valence-corrected chi connectivity index (χ3v) is 18.4. The third-order valence-electron chi connectivity index (χ3n) is 17.2. The fourth-order valence-electron chi connectivity index (χ4n) is 14.0. The van der Waals surface area contributed by atoms with Crippen molar-refractivity contribution in [3.05, 3.63) is 220 Å². The van der Waals surface area contributed by atoms with E-state index in [-0.39, 0.29) is 12.0 Å². The summed E-state index contributed by atoms with van der Waals surface area (Å²) in [5, 5.41) is 0. The number of thiophene rings is 1. The van der Waals surface area contributed by atoms with Crippen molar-refractivity contribution in [2.75, 3.05) is 9.80 Å². The Bertz CT molecular complexity index is 3060. The van der Waals surface area contributed by atoms with Gasteiger partial charge in [0.15, 0.2) is 0 Å². The Morgan fingerprint density at radius 2 is 1.38 bits per heavy atom. The maximum absolute atomic E-state index is 2.87. The van der Waals surface area contributed by atoms with Crippen LogP contribution in [0.3, 0.4) is 0 Å². The number of nitrogens with zero attached hydrogens (tertiary/aromatic N) is 3. The van der Waals surface area contributed by atoms with E-state index in [2.05, 4.69) is 185 Å². The van der Waals surface area contributed by atoms with Gasteiger partial charge in [0.05, 0.1) is 12.1 Å². The highest BCUT2D eigenvalue weighted by Crippen LogP contribution is 2.53. The summed E-state index contributed by atoms with van der Waals surface area (Å²) in [5.74, 6) is 0.721. The van der Waals surface area contributed by atoms with Crippen LogP contribution in [0.5, 0.6) is 0 Å². The average Bonchev–Trinajstić information content (AvgIpc) is 4.19. The predicted molar refractivity (Wildman–Crippen MR) is 287 cm³/mol. The molecular formula is C64H61N3S. The van der Waals surface area contributed by atoms with Gasteiger partial charge < -0.3 is 14.7 Å². The number of allylic oxidation sites excluding steroid dienone is 12. The molecule has 0 fully saturated rings. The van der Waals surface area contributed by atoms with Crippen LogP contribution >= 0.6 is 11.3 Å². The summed E-state index contributed by atoms with van der Waals surface area (Å²) in [6.07, 6.45) is 52.3. The zero-order chi connectivity index (χ0) is 44.7. The van der Waals surface area contributed by atoms with Gasteiger partial charge in [0.1, 0.15) is 0 Å². The SMILES string of the molecule is C1=CC(N2c3ccc(C4=CCC5C(=C4)C4=C(C=CCC4)N5C4CC=CCC4)cc3C3C=C(c4ccc5c(c4)C4C=CCC[C@@H]4N5C4CC=C(c5ccc(-c6ccccc6)s5)CC4)C=CC32)=CCC1. The predicted octanol–water partition coefficient (Wildman–Crippen LogP) is 15.9. The minimum atomic E-state index is 0.259. The molecule has 4 heteroatoms. The molecule has 10 aliphatic rings. The zero-order valence-corrected chi connectivity index (χ0v) is 40.0. The van der Waals surface area contributed by atoms with Crippen LogP contribution in [-0.2, 0) is 0 Å². The highest BCUT2D eigenvalue weighted by molar-refractivity contribution is 7.16. The largest absolute Gasteiger partial charge is 0.364 e. The molecule has 3 aromatic carbocycles. The first kappa shape index (κ1) is 40.9. The van der Waals surface area contributed by atoms with Gasteiger partial charge in [0, 0.05) is 62.5 Å². The summed E-state index contributed by atoms with van der Waals surface area (Å²) >= 11 is 1.95. The Kier molecular flexibility index (Phi) is 10.1. The maximum Gasteiger partial charge on any atom is 0.0629 e. The van der Waals surface area contributed by atoms with Gasteiger partial charge in [-0.1, -0.05) is 115 Å². The van der Waals surface area contributed by atoms with Crippen LogP contribution in [0.15, 0.2) is 193 Å². The molecule has 4 heterocycles. The summed E-state index contributed by atoms with van der Waals surface area (Å²) in [6.45, 7) is 0. The van der Waals surface area contributed by atoms with Crippen molar-refractivity contribution < 1.29 is 0 Å². The Morgan fingerprint density at radius 3 is 2.24 bits per heavy atom. The average molecular weight is 904 g/mol. The van der Waals surface area contributed by atoms with Gasteiger partial charge in [-0.05, 0) is 194 Å². The van der Waals surface area contributed by atoms with E-state index in [1.165, 1.54) is 116 Å². The molecule has 0 saturated heterocycles. The van der Waals surface area contributed by atoms with Crippen LogP contribution in [-0.4, -0.2) is 35.1 Å². The summed E-state index contributed by atoms with van der Waals surface area (Å²) in [7, 11) is 0. The van der Waals surface area contributed by atoms with E-state index >= 15 is 0 Å². The van der Waals surface area contributed by atoms with Crippen molar-refractivity contribution in [2.24, 2.45) is 0 Å². The topological polar surface area (TPSA) is 9.72 Å². The van der Waals surface area contributed by atoms with Crippen molar-refractivity contribution >= 4 is 39.4 Å². The van der Waals surface area contributed by atoms with Crippen molar-refractivity contribution in [1.82, 2.24) is 4.90 Å². The van der Waals surface area contributed by atoms with Gasteiger partial charge in [0.25, 0.3) is 0 Å². The molecule has 3 nitrogen and oxygen atoms in total. The molecule has 4 aromatic rings. The number of rotatable bonds is 7. The van der Waals surface area contributed by atoms with Gasteiger partial charge in [-0.25, -0.2) is 0 Å². The monoisotopic (exact) mass is 903 g/mol. The number of fused-ring (bicyclic) bond motifs is 8. The molecule has 0 N–H and O–H groups in total.